The minimum atomic E-state index is -0.265. The highest BCUT2D eigenvalue weighted by molar-refractivity contribution is 8.21. The molecule has 3 aliphatic carbocycles. The quantitative estimate of drug-likeness (QED) is 0.630. The Morgan fingerprint density at radius 2 is 1.71 bits per heavy atom. The third-order valence-electron chi connectivity index (χ3n) is 4.57. The van der Waals surface area contributed by atoms with Crippen molar-refractivity contribution in [1.29, 1.82) is 0 Å². The summed E-state index contributed by atoms with van der Waals surface area (Å²) in [5.41, 5.74) is 0. The lowest BCUT2D eigenvalue weighted by molar-refractivity contribution is -0.187. The fourth-order valence-electron chi connectivity index (χ4n) is 3.73. The molecule has 0 aromatic carbocycles. The second-order valence-electron chi connectivity index (χ2n) is 5.36. The van der Waals surface area contributed by atoms with Crippen molar-refractivity contribution >= 4 is 23.5 Å². The standard InChI is InChI=1S/C13H18O2S2/c1-2-11-9-13(16-7-8-17-13)10(1)3-4-12(11)14-5-6-15-12/h1-2,10-11H,3-9H2/t10-,11+/m0/s1. The van der Waals surface area contributed by atoms with Crippen LogP contribution in [0.2, 0.25) is 0 Å². The van der Waals surface area contributed by atoms with Crippen LogP contribution in [0.1, 0.15) is 19.3 Å². The molecular formula is C13H18O2S2. The SMILES string of the molecule is C1=C[C@H]2CCC3(OCCO3)[C@H]1CC21SCCS1. The van der Waals surface area contributed by atoms with E-state index in [1.54, 1.807) is 0 Å². The van der Waals surface area contributed by atoms with Gasteiger partial charge < -0.3 is 9.47 Å². The summed E-state index contributed by atoms with van der Waals surface area (Å²) < 4.78 is 12.4. The van der Waals surface area contributed by atoms with Crippen LogP contribution >= 0.6 is 23.5 Å². The zero-order chi connectivity index (χ0) is 11.3. The Morgan fingerprint density at radius 1 is 1.00 bits per heavy atom. The first-order valence-electron chi connectivity index (χ1n) is 6.57. The van der Waals surface area contributed by atoms with Gasteiger partial charge in [0.1, 0.15) is 0 Å². The highest BCUT2D eigenvalue weighted by Gasteiger charge is 2.55. The molecule has 2 bridgehead atoms. The molecule has 94 valence electrons. The maximum Gasteiger partial charge on any atom is 0.174 e. The minimum Gasteiger partial charge on any atom is -0.347 e. The van der Waals surface area contributed by atoms with E-state index in [0.717, 1.165) is 25.6 Å². The van der Waals surface area contributed by atoms with Crippen LogP contribution < -0.4 is 0 Å². The molecule has 0 aromatic heterocycles. The summed E-state index contributed by atoms with van der Waals surface area (Å²) in [6.07, 6.45) is 8.39. The number of thioether (sulfide) groups is 2. The van der Waals surface area contributed by atoms with Gasteiger partial charge in [0.25, 0.3) is 0 Å². The molecule has 2 nitrogen and oxygen atoms in total. The first-order chi connectivity index (χ1) is 8.33. The van der Waals surface area contributed by atoms with Crippen LogP contribution in [0.5, 0.6) is 0 Å². The fraction of sp³-hybridized carbons (Fsp3) is 0.846. The van der Waals surface area contributed by atoms with E-state index in [-0.39, 0.29) is 5.79 Å². The molecule has 2 atom stereocenters. The Balaban J connectivity index is 1.70. The Bertz CT molecular complexity index is 333. The largest absolute Gasteiger partial charge is 0.347 e. The average Bonchev–Trinajstić information content (AvgIpc) is 2.92. The molecule has 1 saturated carbocycles. The van der Waals surface area contributed by atoms with Crippen molar-refractivity contribution in [2.45, 2.75) is 29.1 Å². The number of hydrogen-bond acceptors (Lipinski definition) is 4. The van der Waals surface area contributed by atoms with Crippen LogP contribution in [0, 0.1) is 11.8 Å². The molecule has 2 spiro atoms. The first-order valence-corrected chi connectivity index (χ1v) is 8.54. The summed E-state index contributed by atoms with van der Waals surface area (Å²) in [5, 5.41) is 0. The molecule has 4 heteroatoms. The first kappa shape index (κ1) is 11.2. The lowest BCUT2D eigenvalue weighted by Gasteiger charge is -2.39. The number of rotatable bonds is 0. The van der Waals surface area contributed by atoms with Gasteiger partial charge in [-0.15, -0.1) is 23.5 Å². The predicted molar refractivity (Wildman–Crippen MR) is 72.3 cm³/mol. The molecule has 2 heterocycles. The van der Waals surface area contributed by atoms with Gasteiger partial charge in [-0.2, -0.15) is 0 Å². The van der Waals surface area contributed by atoms with E-state index in [1.165, 1.54) is 24.3 Å². The van der Waals surface area contributed by atoms with Crippen LogP contribution in [-0.2, 0) is 9.47 Å². The summed E-state index contributed by atoms with van der Waals surface area (Å²) >= 11 is 4.37. The minimum absolute atomic E-state index is 0.265. The molecule has 5 aliphatic rings. The lowest BCUT2D eigenvalue weighted by Crippen LogP contribution is -2.40. The second kappa shape index (κ2) is 3.92. The molecule has 2 saturated heterocycles. The fourth-order valence-corrected chi connectivity index (χ4v) is 7.34. The highest BCUT2D eigenvalue weighted by Crippen LogP contribution is 2.61. The lowest BCUT2D eigenvalue weighted by atomic mass is 9.87. The van der Waals surface area contributed by atoms with Crippen LogP contribution in [0.25, 0.3) is 0 Å². The van der Waals surface area contributed by atoms with E-state index in [9.17, 15) is 0 Å². The van der Waals surface area contributed by atoms with E-state index in [2.05, 4.69) is 35.7 Å². The molecule has 0 unspecified atom stereocenters. The van der Waals surface area contributed by atoms with Crippen molar-refractivity contribution in [2.75, 3.05) is 24.7 Å². The molecule has 0 radical (unpaired) electrons. The third-order valence-corrected chi connectivity index (χ3v) is 8.26. The molecule has 17 heavy (non-hydrogen) atoms. The van der Waals surface area contributed by atoms with Crippen molar-refractivity contribution in [3.8, 4) is 0 Å². The van der Waals surface area contributed by atoms with Gasteiger partial charge in [0, 0.05) is 29.8 Å². The van der Waals surface area contributed by atoms with Crippen LogP contribution in [-0.4, -0.2) is 34.6 Å². The van der Waals surface area contributed by atoms with Crippen LogP contribution in [0.15, 0.2) is 12.2 Å². The number of fused-ring (bicyclic) bond motifs is 1. The van der Waals surface area contributed by atoms with E-state index in [4.69, 9.17) is 9.47 Å². The Kier molecular flexibility index (Phi) is 2.59. The van der Waals surface area contributed by atoms with Gasteiger partial charge in [-0.1, -0.05) is 12.2 Å². The number of allylic oxidation sites excluding steroid dienone is 1. The molecule has 0 N–H and O–H groups in total. The topological polar surface area (TPSA) is 18.5 Å². The predicted octanol–water partition coefficient (Wildman–Crippen LogP) is 2.89. The molecule has 0 amide bonds. The van der Waals surface area contributed by atoms with Crippen molar-refractivity contribution in [3.63, 3.8) is 0 Å². The van der Waals surface area contributed by atoms with E-state index >= 15 is 0 Å². The van der Waals surface area contributed by atoms with Crippen LogP contribution in [0.4, 0.5) is 0 Å². The summed E-state index contributed by atoms with van der Waals surface area (Å²) in [6.45, 7) is 1.56. The van der Waals surface area contributed by atoms with Gasteiger partial charge in [-0.25, -0.2) is 0 Å². The van der Waals surface area contributed by atoms with Gasteiger partial charge in [0.2, 0.25) is 0 Å². The zero-order valence-electron chi connectivity index (χ0n) is 9.89. The van der Waals surface area contributed by atoms with E-state index in [0.29, 0.717) is 10.00 Å². The Hall–Kier alpha value is 0.360. The molecular weight excluding hydrogens is 252 g/mol. The van der Waals surface area contributed by atoms with E-state index in [1.807, 2.05) is 0 Å². The van der Waals surface area contributed by atoms with Crippen molar-refractivity contribution < 1.29 is 9.47 Å². The maximum atomic E-state index is 6.00. The monoisotopic (exact) mass is 270 g/mol. The van der Waals surface area contributed by atoms with Gasteiger partial charge >= 0.3 is 0 Å². The van der Waals surface area contributed by atoms with E-state index < -0.39 is 0 Å². The number of ether oxygens (including phenoxy) is 2. The summed E-state index contributed by atoms with van der Waals surface area (Å²) in [7, 11) is 0. The summed E-state index contributed by atoms with van der Waals surface area (Å²) in [4.78, 5) is 0. The molecule has 3 fully saturated rings. The third kappa shape index (κ3) is 1.57. The Labute approximate surface area is 111 Å². The van der Waals surface area contributed by atoms with Gasteiger partial charge in [0.15, 0.2) is 5.79 Å². The Morgan fingerprint density at radius 3 is 2.47 bits per heavy atom. The van der Waals surface area contributed by atoms with Crippen LogP contribution in [0.3, 0.4) is 0 Å². The molecule has 2 aliphatic heterocycles. The van der Waals surface area contributed by atoms with Gasteiger partial charge in [0.05, 0.1) is 17.3 Å². The molecule has 5 rings (SSSR count). The number of hydrogen-bond donors (Lipinski definition) is 0. The normalized spacial score (nSPS) is 41.4. The van der Waals surface area contributed by atoms with Crippen molar-refractivity contribution in [2.24, 2.45) is 11.8 Å². The maximum absolute atomic E-state index is 6.00. The van der Waals surface area contributed by atoms with Crippen molar-refractivity contribution in [3.05, 3.63) is 12.2 Å². The van der Waals surface area contributed by atoms with Crippen molar-refractivity contribution in [1.82, 2.24) is 0 Å². The molecule has 0 aromatic rings. The smallest absolute Gasteiger partial charge is 0.174 e. The summed E-state index contributed by atoms with van der Waals surface area (Å²) in [5.74, 6) is 3.57. The highest BCUT2D eigenvalue weighted by atomic mass is 32.2. The van der Waals surface area contributed by atoms with Gasteiger partial charge in [-0.3, -0.25) is 0 Å². The zero-order valence-corrected chi connectivity index (χ0v) is 11.5. The average molecular weight is 270 g/mol. The van der Waals surface area contributed by atoms with Gasteiger partial charge in [-0.05, 0) is 12.8 Å². The second-order valence-corrected chi connectivity index (χ2v) is 8.47. The summed E-state index contributed by atoms with van der Waals surface area (Å²) in [6, 6.07) is 0.